The molecule has 3 unspecified atom stereocenters. The van der Waals surface area contributed by atoms with Gasteiger partial charge in [-0.25, -0.2) is 0 Å². The molecule has 0 rings (SSSR count). The van der Waals surface area contributed by atoms with Crippen LogP contribution >= 0.6 is 0 Å². The summed E-state index contributed by atoms with van der Waals surface area (Å²) in [5.74, 6) is 0. The van der Waals surface area contributed by atoms with Crippen LogP contribution in [-0.4, -0.2) is 102 Å². The third-order valence-corrected chi connectivity index (χ3v) is 12.1. The van der Waals surface area contributed by atoms with Gasteiger partial charge >= 0.3 is 0 Å². The lowest BCUT2D eigenvalue weighted by atomic mass is 10.4. The van der Waals surface area contributed by atoms with E-state index in [0.717, 1.165) is 12.5 Å². The fourth-order valence-corrected chi connectivity index (χ4v) is 12.1. The monoisotopic (exact) mass is 470 g/mol. The normalized spacial score (nSPS) is 15.9. The summed E-state index contributed by atoms with van der Waals surface area (Å²) in [7, 11) is -3.27. The summed E-state index contributed by atoms with van der Waals surface area (Å²) in [4.78, 5) is 0. The average Bonchev–Trinajstić information content (AvgIpc) is 2.65. The van der Waals surface area contributed by atoms with E-state index in [0.29, 0.717) is 6.61 Å². The van der Waals surface area contributed by atoms with Crippen LogP contribution in [0.2, 0.25) is 38.3 Å². The van der Waals surface area contributed by atoms with Gasteiger partial charge in [0.05, 0.1) is 39.6 Å². The standard InChI is InChI=1S/C20H46O8Si2/c1-6-7-10-29(2,3)28-30(4,5)11-8-9-25-14-19(23)15-27-17-20(24)16-26-13-18(22)12-21/h18-24H,6-17H2,1-5H3. The van der Waals surface area contributed by atoms with Gasteiger partial charge in [0.15, 0.2) is 16.6 Å². The van der Waals surface area contributed by atoms with Crippen LogP contribution in [0.4, 0.5) is 0 Å². The van der Waals surface area contributed by atoms with Gasteiger partial charge in [-0.15, -0.1) is 0 Å². The molecule has 4 N–H and O–H groups in total. The van der Waals surface area contributed by atoms with Crippen molar-refractivity contribution in [1.29, 1.82) is 0 Å². The summed E-state index contributed by atoms with van der Waals surface area (Å²) >= 11 is 0. The first-order valence-corrected chi connectivity index (χ1v) is 17.3. The second kappa shape index (κ2) is 16.7. The zero-order valence-electron chi connectivity index (χ0n) is 19.6. The molecule has 0 aromatic heterocycles. The quantitative estimate of drug-likeness (QED) is 0.157. The molecular weight excluding hydrogens is 424 g/mol. The van der Waals surface area contributed by atoms with Crippen molar-refractivity contribution in [1.82, 2.24) is 0 Å². The number of rotatable bonds is 20. The van der Waals surface area contributed by atoms with Crippen molar-refractivity contribution >= 4 is 16.6 Å². The third kappa shape index (κ3) is 17.8. The first-order chi connectivity index (χ1) is 14.0. The molecule has 0 bridgehead atoms. The molecule has 0 spiro atoms. The lowest BCUT2D eigenvalue weighted by Gasteiger charge is -2.34. The summed E-state index contributed by atoms with van der Waals surface area (Å²) in [5, 5.41) is 37.4. The highest BCUT2D eigenvalue weighted by Gasteiger charge is 2.32. The highest BCUT2D eigenvalue weighted by atomic mass is 28.4. The van der Waals surface area contributed by atoms with Crippen molar-refractivity contribution in [2.75, 3.05) is 46.2 Å². The van der Waals surface area contributed by atoms with Crippen LogP contribution in [0.15, 0.2) is 0 Å². The lowest BCUT2D eigenvalue weighted by Crippen LogP contribution is -2.44. The molecule has 0 saturated carbocycles. The van der Waals surface area contributed by atoms with E-state index in [9.17, 15) is 10.2 Å². The summed E-state index contributed by atoms with van der Waals surface area (Å²) in [6.07, 6.45) is 0.803. The van der Waals surface area contributed by atoms with Gasteiger partial charge in [-0.1, -0.05) is 19.8 Å². The molecule has 0 radical (unpaired) electrons. The first kappa shape index (κ1) is 30.1. The molecule has 182 valence electrons. The molecule has 0 heterocycles. The Hall–Kier alpha value is 0.114. The molecule has 0 aromatic rings. The first-order valence-electron chi connectivity index (χ1n) is 11.1. The van der Waals surface area contributed by atoms with Gasteiger partial charge < -0.3 is 38.8 Å². The van der Waals surface area contributed by atoms with E-state index < -0.39 is 34.9 Å². The van der Waals surface area contributed by atoms with Crippen LogP contribution in [0, 0.1) is 0 Å². The van der Waals surface area contributed by atoms with Crippen molar-refractivity contribution in [3.8, 4) is 0 Å². The lowest BCUT2D eigenvalue weighted by molar-refractivity contribution is -0.0674. The largest absolute Gasteiger partial charge is 0.455 e. The van der Waals surface area contributed by atoms with Gasteiger partial charge in [-0.2, -0.15) is 0 Å². The number of hydrogen-bond acceptors (Lipinski definition) is 8. The summed E-state index contributed by atoms with van der Waals surface area (Å²) in [6, 6.07) is 2.26. The molecule has 0 aromatic carbocycles. The van der Waals surface area contributed by atoms with Gasteiger partial charge in [0.2, 0.25) is 0 Å². The molecule has 0 aliphatic heterocycles. The maximum absolute atomic E-state index is 9.90. The fraction of sp³-hybridized carbons (Fsp3) is 1.00. The van der Waals surface area contributed by atoms with Crippen molar-refractivity contribution in [2.24, 2.45) is 0 Å². The van der Waals surface area contributed by atoms with Crippen LogP contribution in [0.25, 0.3) is 0 Å². The van der Waals surface area contributed by atoms with Gasteiger partial charge in [0, 0.05) is 6.61 Å². The molecule has 10 heteroatoms. The second-order valence-electron chi connectivity index (χ2n) is 9.12. The van der Waals surface area contributed by atoms with Gasteiger partial charge in [-0.05, 0) is 44.7 Å². The van der Waals surface area contributed by atoms with Gasteiger partial charge in [0.25, 0.3) is 0 Å². The molecule has 0 aliphatic rings. The Morgan fingerprint density at radius 3 is 1.57 bits per heavy atom. The SMILES string of the molecule is CCCC[Si](C)(C)O[Si](C)(C)CCCOCC(O)COCC(O)COCC(O)CO. The molecule has 0 aliphatic carbocycles. The van der Waals surface area contributed by atoms with E-state index in [-0.39, 0.29) is 39.6 Å². The molecule has 0 saturated heterocycles. The van der Waals surface area contributed by atoms with E-state index in [1.807, 2.05) is 0 Å². The zero-order chi connectivity index (χ0) is 23.0. The van der Waals surface area contributed by atoms with Gasteiger partial charge in [-0.3, -0.25) is 0 Å². The molecule has 3 atom stereocenters. The van der Waals surface area contributed by atoms with Crippen LogP contribution in [0.1, 0.15) is 26.2 Å². The van der Waals surface area contributed by atoms with E-state index in [1.54, 1.807) is 0 Å². The molecular formula is C20H46O8Si2. The minimum Gasteiger partial charge on any atom is -0.455 e. The van der Waals surface area contributed by atoms with E-state index in [2.05, 4.69) is 33.1 Å². The number of ether oxygens (including phenoxy) is 3. The summed E-state index contributed by atoms with van der Waals surface area (Å²) in [6.45, 7) is 11.8. The van der Waals surface area contributed by atoms with Crippen molar-refractivity contribution in [2.45, 2.75) is 82.8 Å². The van der Waals surface area contributed by atoms with Crippen molar-refractivity contribution in [3.05, 3.63) is 0 Å². The number of aliphatic hydroxyl groups excluding tert-OH is 4. The van der Waals surface area contributed by atoms with Gasteiger partial charge in [0.1, 0.15) is 18.3 Å². The predicted molar refractivity (Wildman–Crippen MR) is 123 cm³/mol. The van der Waals surface area contributed by atoms with Crippen molar-refractivity contribution < 1.29 is 38.8 Å². The van der Waals surface area contributed by atoms with Crippen LogP contribution in [0.5, 0.6) is 0 Å². The zero-order valence-corrected chi connectivity index (χ0v) is 21.6. The minimum absolute atomic E-state index is 0.0104. The van der Waals surface area contributed by atoms with Crippen LogP contribution < -0.4 is 0 Å². The smallest absolute Gasteiger partial charge is 0.173 e. The average molecular weight is 471 g/mol. The molecule has 0 fully saturated rings. The topological polar surface area (TPSA) is 118 Å². The van der Waals surface area contributed by atoms with E-state index in [1.165, 1.54) is 18.9 Å². The maximum atomic E-state index is 9.90. The molecule has 8 nitrogen and oxygen atoms in total. The van der Waals surface area contributed by atoms with Crippen LogP contribution in [-0.2, 0) is 18.3 Å². The Morgan fingerprint density at radius 2 is 1.10 bits per heavy atom. The highest BCUT2D eigenvalue weighted by Crippen LogP contribution is 2.24. The number of hydrogen-bond donors (Lipinski definition) is 4. The third-order valence-electron chi connectivity index (χ3n) is 4.51. The Labute approximate surface area is 184 Å². The summed E-state index contributed by atoms with van der Waals surface area (Å²) in [5.41, 5.74) is 0. The van der Waals surface area contributed by atoms with Crippen molar-refractivity contribution in [3.63, 3.8) is 0 Å². The Balaban J connectivity index is 3.78. The Morgan fingerprint density at radius 1 is 0.667 bits per heavy atom. The fourth-order valence-electron chi connectivity index (χ4n) is 3.10. The molecule has 30 heavy (non-hydrogen) atoms. The Kier molecular flexibility index (Phi) is 16.8. The highest BCUT2D eigenvalue weighted by molar-refractivity contribution is 6.84. The molecule has 0 amide bonds. The van der Waals surface area contributed by atoms with E-state index in [4.69, 9.17) is 28.5 Å². The number of aliphatic hydroxyl groups is 4. The summed E-state index contributed by atoms with van der Waals surface area (Å²) < 4.78 is 22.4. The maximum Gasteiger partial charge on any atom is 0.173 e. The van der Waals surface area contributed by atoms with E-state index >= 15 is 0 Å². The Bertz CT molecular complexity index is 412. The second-order valence-corrected chi connectivity index (χ2v) is 18.0. The number of unbranched alkanes of at least 4 members (excludes halogenated alkanes) is 1. The minimum atomic E-state index is -1.70. The predicted octanol–water partition coefficient (Wildman–Crippen LogP) is 1.73. The van der Waals surface area contributed by atoms with Crippen LogP contribution in [0.3, 0.4) is 0 Å².